The van der Waals surface area contributed by atoms with E-state index in [-0.39, 0.29) is 22.6 Å². The number of rotatable bonds is 2. The van der Waals surface area contributed by atoms with Crippen molar-refractivity contribution in [3.05, 3.63) is 65.2 Å². The maximum Gasteiger partial charge on any atom is 0.275 e. The third kappa shape index (κ3) is 2.63. The Bertz CT molecular complexity index is 899. The van der Waals surface area contributed by atoms with E-state index in [1.54, 1.807) is 37.3 Å². The molecule has 0 saturated heterocycles. The summed E-state index contributed by atoms with van der Waals surface area (Å²) in [4.78, 5) is 0.0927. The molecule has 0 aromatic heterocycles. The Morgan fingerprint density at radius 2 is 1.61 bits per heavy atom. The minimum Gasteiger partial charge on any atom is -0.261 e. The first-order valence-corrected chi connectivity index (χ1v) is 8.49. The maximum absolute atomic E-state index is 13.2. The van der Waals surface area contributed by atoms with E-state index in [0.717, 1.165) is 15.4 Å². The van der Waals surface area contributed by atoms with Gasteiger partial charge in [0, 0.05) is 11.1 Å². The lowest BCUT2D eigenvalue weighted by Gasteiger charge is -2.19. The molecule has 0 bridgehead atoms. The zero-order valence-electron chi connectivity index (χ0n) is 12.7. The lowest BCUT2D eigenvalue weighted by molar-refractivity contribution is 0.425. The molecule has 120 valence electrons. The Balaban J connectivity index is 2.15. The Hall–Kier alpha value is -2.21. The number of aryl methyl sites for hydroxylation is 2. The predicted molar refractivity (Wildman–Crippen MR) is 86.0 cm³/mol. The van der Waals surface area contributed by atoms with Crippen LogP contribution in [-0.2, 0) is 10.0 Å². The Labute approximate surface area is 133 Å². The van der Waals surface area contributed by atoms with Crippen LogP contribution in [0.15, 0.2) is 53.4 Å². The summed E-state index contributed by atoms with van der Waals surface area (Å²) in [5.41, 5.74) is 2.06. The fourth-order valence-electron chi connectivity index (χ4n) is 2.64. The molecule has 2 aromatic rings. The Morgan fingerprint density at radius 1 is 1.00 bits per heavy atom. The first-order chi connectivity index (χ1) is 10.8. The van der Waals surface area contributed by atoms with Crippen LogP contribution in [-0.4, -0.2) is 15.0 Å². The van der Waals surface area contributed by atoms with Crippen molar-refractivity contribution in [1.82, 2.24) is 0 Å². The van der Waals surface area contributed by atoms with Crippen LogP contribution in [0.1, 0.15) is 16.7 Å². The lowest BCUT2D eigenvalue weighted by atomic mass is 10.1. The van der Waals surface area contributed by atoms with E-state index in [2.05, 4.69) is 0 Å². The van der Waals surface area contributed by atoms with Gasteiger partial charge in [-0.1, -0.05) is 29.3 Å². The van der Waals surface area contributed by atoms with E-state index in [0.29, 0.717) is 5.69 Å². The normalized spacial score (nSPS) is 14.1. The van der Waals surface area contributed by atoms with Gasteiger partial charge in [-0.15, -0.1) is 0 Å². The molecule has 0 N–H and O–H groups in total. The summed E-state index contributed by atoms with van der Waals surface area (Å²) in [6, 6.07) is 11.2. The molecule has 2 aromatic carbocycles. The van der Waals surface area contributed by atoms with Gasteiger partial charge in [-0.05, 0) is 38.1 Å². The smallest absolute Gasteiger partial charge is 0.261 e. The highest BCUT2D eigenvalue weighted by Gasteiger charge is 2.35. The summed E-state index contributed by atoms with van der Waals surface area (Å²) in [5, 5.41) is 0. The molecule has 0 saturated carbocycles. The van der Waals surface area contributed by atoms with Crippen LogP contribution in [0, 0.1) is 13.8 Å². The average molecular weight is 335 g/mol. The minimum absolute atomic E-state index is 0.0927. The summed E-state index contributed by atoms with van der Waals surface area (Å²) in [5.74, 6) is 0. The van der Waals surface area contributed by atoms with Crippen LogP contribution in [0.5, 0.6) is 0 Å². The molecule has 3 nitrogen and oxygen atoms in total. The number of hydrogen-bond acceptors (Lipinski definition) is 2. The molecule has 0 aliphatic carbocycles. The van der Waals surface area contributed by atoms with Gasteiger partial charge >= 0.3 is 0 Å². The van der Waals surface area contributed by atoms with Crippen molar-refractivity contribution in [2.45, 2.75) is 18.7 Å². The summed E-state index contributed by atoms with van der Waals surface area (Å²) in [6.45, 7) is 3.28. The van der Waals surface area contributed by atoms with Crippen LogP contribution < -0.4 is 4.31 Å². The van der Waals surface area contributed by atoms with Crippen molar-refractivity contribution < 1.29 is 17.2 Å². The third-order valence-corrected chi connectivity index (χ3v) is 5.66. The summed E-state index contributed by atoms with van der Waals surface area (Å²) in [7, 11) is -3.88. The number of benzene rings is 2. The van der Waals surface area contributed by atoms with Gasteiger partial charge in [-0.3, -0.25) is 4.31 Å². The van der Waals surface area contributed by atoms with Gasteiger partial charge in [0.2, 0.25) is 0 Å². The van der Waals surface area contributed by atoms with Gasteiger partial charge in [-0.2, -0.15) is 8.78 Å². The zero-order chi connectivity index (χ0) is 16.8. The zero-order valence-corrected chi connectivity index (χ0v) is 13.5. The molecular weight excluding hydrogens is 320 g/mol. The minimum atomic E-state index is -3.88. The van der Waals surface area contributed by atoms with Crippen LogP contribution in [0.4, 0.5) is 14.5 Å². The largest absolute Gasteiger partial charge is 0.275 e. The second-order valence-corrected chi connectivity index (χ2v) is 7.45. The van der Waals surface area contributed by atoms with Crippen LogP contribution in [0.25, 0.3) is 5.57 Å². The quantitative estimate of drug-likeness (QED) is 0.828. The SMILES string of the molecule is Cc1ccc(S(=O)(=O)N2CC(=C(F)F)c3cc(C)ccc32)cc1. The van der Waals surface area contributed by atoms with Gasteiger partial charge in [0.15, 0.2) is 0 Å². The number of anilines is 1. The second-order valence-electron chi connectivity index (χ2n) is 5.58. The average Bonchev–Trinajstić information content (AvgIpc) is 2.87. The number of fused-ring (bicyclic) bond motifs is 1. The van der Waals surface area contributed by atoms with Crippen molar-refractivity contribution in [2.24, 2.45) is 0 Å². The van der Waals surface area contributed by atoms with Gasteiger partial charge in [-0.25, -0.2) is 8.42 Å². The van der Waals surface area contributed by atoms with Gasteiger partial charge in [0.1, 0.15) is 0 Å². The second kappa shape index (κ2) is 5.45. The lowest BCUT2D eigenvalue weighted by Crippen LogP contribution is -2.29. The molecular formula is C17H15F2NO2S. The Morgan fingerprint density at radius 3 is 2.22 bits per heavy atom. The summed E-state index contributed by atoms with van der Waals surface area (Å²) in [6.07, 6.45) is -1.85. The first kappa shape index (κ1) is 15.7. The molecule has 0 spiro atoms. The molecule has 0 amide bonds. The highest BCUT2D eigenvalue weighted by Crippen LogP contribution is 2.41. The molecule has 0 atom stereocenters. The highest BCUT2D eigenvalue weighted by atomic mass is 32.2. The molecule has 3 rings (SSSR count). The van der Waals surface area contributed by atoms with Crippen LogP contribution in [0.3, 0.4) is 0 Å². The fourth-order valence-corrected chi connectivity index (χ4v) is 4.09. The monoisotopic (exact) mass is 335 g/mol. The van der Waals surface area contributed by atoms with Crippen molar-refractivity contribution in [3.8, 4) is 0 Å². The molecule has 1 aliphatic heterocycles. The van der Waals surface area contributed by atoms with E-state index >= 15 is 0 Å². The van der Waals surface area contributed by atoms with E-state index in [9.17, 15) is 17.2 Å². The topological polar surface area (TPSA) is 37.4 Å². The summed E-state index contributed by atoms with van der Waals surface area (Å²) >= 11 is 0. The number of halogens is 2. The summed E-state index contributed by atoms with van der Waals surface area (Å²) < 4.78 is 53.1. The van der Waals surface area contributed by atoms with E-state index in [4.69, 9.17) is 0 Å². The standard InChI is InChI=1S/C17H15F2NO2S/c1-11-3-6-13(7-4-11)23(21,22)20-10-15(17(18)19)14-9-12(2)5-8-16(14)20/h3-9H,10H2,1-2H3. The number of sulfonamides is 1. The van der Waals surface area contributed by atoms with Gasteiger partial charge in [0.25, 0.3) is 16.1 Å². The van der Waals surface area contributed by atoms with E-state index in [1.807, 2.05) is 6.92 Å². The molecule has 1 heterocycles. The van der Waals surface area contributed by atoms with Crippen molar-refractivity contribution in [1.29, 1.82) is 0 Å². The fraction of sp³-hybridized carbons (Fsp3) is 0.176. The predicted octanol–water partition coefficient (Wildman–Crippen LogP) is 4.12. The number of nitrogens with zero attached hydrogens (tertiary/aromatic N) is 1. The Kier molecular flexibility index (Phi) is 3.72. The van der Waals surface area contributed by atoms with Crippen molar-refractivity contribution in [3.63, 3.8) is 0 Å². The first-order valence-electron chi connectivity index (χ1n) is 7.05. The molecule has 0 fully saturated rings. The molecule has 0 unspecified atom stereocenters. The van der Waals surface area contributed by atoms with E-state index < -0.39 is 16.1 Å². The van der Waals surface area contributed by atoms with Crippen LogP contribution >= 0.6 is 0 Å². The third-order valence-electron chi connectivity index (χ3n) is 3.88. The van der Waals surface area contributed by atoms with Crippen LogP contribution in [0.2, 0.25) is 0 Å². The molecule has 6 heteroatoms. The van der Waals surface area contributed by atoms with Gasteiger partial charge < -0.3 is 0 Å². The highest BCUT2D eigenvalue weighted by molar-refractivity contribution is 7.92. The molecule has 1 aliphatic rings. The van der Waals surface area contributed by atoms with E-state index in [1.165, 1.54) is 12.1 Å². The number of hydrogen-bond donors (Lipinski definition) is 0. The van der Waals surface area contributed by atoms with Gasteiger partial charge in [0.05, 0.1) is 17.1 Å². The molecule has 0 radical (unpaired) electrons. The van der Waals surface area contributed by atoms with Crippen molar-refractivity contribution in [2.75, 3.05) is 10.8 Å². The maximum atomic E-state index is 13.2. The van der Waals surface area contributed by atoms with Crippen molar-refractivity contribution >= 4 is 21.3 Å². The molecule has 23 heavy (non-hydrogen) atoms.